The van der Waals surface area contributed by atoms with Gasteiger partial charge < -0.3 is 0 Å². The summed E-state index contributed by atoms with van der Waals surface area (Å²) in [5.74, 6) is 0. The molecular formula is C8H8F3N. The van der Waals surface area contributed by atoms with Crippen LogP contribution in [0.3, 0.4) is 0 Å². The number of nitrogens with zero attached hydrogens (tertiary/aromatic N) is 1. The average Bonchev–Trinajstić information content (AvgIpc) is 1.96. The van der Waals surface area contributed by atoms with Gasteiger partial charge >= 0.3 is 6.18 Å². The van der Waals surface area contributed by atoms with Gasteiger partial charge in [0.05, 0.1) is 11.6 Å². The van der Waals surface area contributed by atoms with Gasteiger partial charge in [0.25, 0.3) is 0 Å². The van der Waals surface area contributed by atoms with Crippen LogP contribution in [0.25, 0.3) is 0 Å². The van der Waals surface area contributed by atoms with E-state index in [1.807, 2.05) is 0 Å². The summed E-state index contributed by atoms with van der Waals surface area (Å²) < 4.78 is 36.3. The predicted molar refractivity (Wildman–Crippen MR) is 39.2 cm³/mol. The monoisotopic (exact) mass is 175 g/mol. The molecule has 0 saturated carbocycles. The lowest BCUT2D eigenvalue weighted by Gasteiger charge is -2.07. The highest BCUT2D eigenvalue weighted by molar-refractivity contribution is 5.36. The molecule has 0 unspecified atom stereocenters. The SMILES string of the molecule is C/C=C\C(=C(/C)C#N)C(F)(F)F. The van der Waals surface area contributed by atoms with Crippen LogP contribution < -0.4 is 0 Å². The second kappa shape index (κ2) is 3.96. The summed E-state index contributed by atoms with van der Waals surface area (Å²) in [4.78, 5) is 0. The molecule has 0 amide bonds. The molecule has 0 rings (SSSR count). The van der Waals surface area contributed by atoms with E-state index in [2.05, 4.69) is 0 Å². The van der Waals surface area contributed by atoms with E-state index in [9.17, 15) is 13.2 Å². The van der Waals surface area contributed by atoms with Crippen LogP contribution in [0.2, 0.25) is 0 Å². The third kappa shape index (κ3) is 2.79. The van der Waals surface area contributed by atoms with Crippen molar-refractivity contribution in [2.75, 3.05) is 0 Å². The second-order valence-corrected chi connectivity index (χ2v) is 2.15. The van der Waals surface area contributed by atoms with Crippen molar-refractivity contribution in [3.05, 3.63) is 23.3 Å². The molecule has 4 heteroatoms. The summed E-state index contributed by atoms with van der Waals surface area (Å²) in [6.07, 6.45) is -2.30. The van der Waals surface area contributed by atoms with E-state index in [4.69, 9.17) is 5.26 Å². The zero-order chi connectivity index (χ0) is 9.78. The Kier molecular flexibility index (Phi) is 3.55. The summed E-state index contributed by atoms with van der Waals surface area (Å²) >= 11 is 0. The first-order valence-corrected chi connectivity index (χ1v) is 3.24. The van der Waals surface area contributed by atoms with Crippen LogP contribution in [-0.4, -0.2) is 6.18 Å². The predicted octanol–water partition coefficient (Wildman–Crippen LogP) is 2.96. The number of hydrogen-bond donors (Lipinski definition) is 0. The van der Waals surface area contributed by atoms with E-state index in [-0.39, 0.29) is 5.57 Å². The Balaban J connectivity index is 5.10. The van der Waals surface area contributed by atoms with E-state index >= 15 is 0 Å². The van der Waals surface area contributed by atoms with Crippen molar-refractivity contribution in [2.45, 2.75) is 20.0 Å². The van der Waals surface area contributed by atoms with E-state index < -0.39 is 11.7 Å². The molecule has 12 heavy (non-hydrogen) atoms. The molecule has 0 spiro atoms. The lowest BCUT2D eigenvalue weighted by molar-refractivity contribution is -0.0887. The molecular weight excluding hydrogens is 167 g/mol. The van der Waals surface area contributed by atoms with Gasteiger partial charge in [0, 0.05) is 5.57 Å². The fourth-order valence-corrected chi connectivity index (χ4v) is 0.659. The van der Waals surface area contributed by atoms with E-state index in [1.165, 1.54) is 19.1 Å². The molecule has 0 N–H and O–H groups in total. The minimum absolute atomic E-state index is 0.319. The quantitative estimate of drug-likeness (QED) is 0.444. The third-order valence-corrected chi connectivity index (χ3v) is 1.21. The first-order valence-electron chi connectivity index (χ1n) is 3.24. The molecule has 0 aliphatic rings. The summed E-state index contributed by atoms with van der Waals surface area (Å²) in [6, 6.07) is 1.46. The third-order valence-electron chi connectivity index (χ3n) is 1.21. The Bertz CT molecular complexity index is 252. The summed E-state index contributed by atoms with van der Waals surface area (Å²) in [5.41, 5.74) is -1.20. The molecule has 1 nitrogen and oxygen atoms in total. The van der Waals surface area contributed by atoms with Gasteiger partial charge in [0.2, 0.25) is 0 Å². The van der Waals surface area contributed by atoms with Gasteiger partial charge in [-0.3, -0.25) is 0 Å². The van der Waals surface area contributed by atoms with Crippen molar-refractivity contribution in [2.24, 2.45) is 0 Å². The van der Waals surface area contributed by atoms with Crippen LogP contribution in [0.4, 0.5) is 13.2 Å². The van der Waals surface area contributed by atoms with Crippen molar-refractivity contribution >= 4 is 0 Å². The number of rotatable bonds is 1. The van der Waals surface area contributed by atoms with Crippen LogP contribution in [0.15, 0.2) is 23.3 Å². The highest BCUT2D eigenvalue weighted by Gasteiger charge is 2.33. The lowest BCUT2D eigenvalue weighted by Crippen LogP contribution is -2.11. The van der Waals surface area contributed by atoms with Crippen LogP contribution in [-0.2, 0) is 0 Å². The largest absolute Gasteiger partial charge is 0.417 e. The molecule has 0 fully saturated rings. The number of nitriles is 1. The summed E-state index contributed by atoms with van der Waals surface area (Å²) in [6.45, 7) is 2.61. The van der Waals surface area contributed by atoms with Gasteiger partial charge in [-0.05, 0) is 13.8 Å². The Morgan fingerprint density at radius 3 is 2.17 bits per heavy atom. The van der Waals surface area contributed by atoms with Crippen LogP contribution in [0.1, 0.15) is 13.8 Å². The molecule has 66 valence electrons. The minimum Gasteiger partial charge on any atom is -0.193 e. The van der Waals surface area contributed by atoms with Crippen LogP contribution in [0, 0.1) is 11.3 Å². The zero-order valence-electron chi connectivity index (χ0n) is 6.74. The van der Waals surface area contributed by atoms with Gasteiger partial charge in [-0.25, -0.2) is 0 Å². The van der Waals surface area contributed by atoms with Gasteiger partial charge in [0.15, 0.2) is 0 Å². The highest BCUT2D eigenvalue weighted by Crippen LogP contribution is 2.28. The highest BCUT2D eigenvalue weighted by atomic mass is 19.4. The number of alkyl halides is 3. The molecule has 0 atom stereocenters. The van der Waals surface area contributed by atoms with Crippen molar-refractivity contribution in [3.63, 3.8) is 0 Å². The van der Waals surface area contributed by atoms with Crippen molar-refractivity contribution < 1.29 is 13.2 Å². The maximum absolute atomic E-state index is 12.1. The van der Waals surface area contributed by atoms with Crippen LogP contribution >= 0.6 is 0 Å². The molecule has 0 heterocycles. The first kappa shape index (κ1) is 10.8. The molecule has 0 saturated heterocycles. The number of hydrogen-bond acceptors (Lipinski definition) is 1. The van der Waals surface area contributed by atoms with Crippen molar-refractivity contribution in [1.82, 2.24) is 0 Å². The average molecular weight is 175 g/mol. The minimum atomic E-state index is -4.44. The maximum Gasteiger partial charge on any atom is 0.417 e. The Morgan fingerprint density at radius 1 is 1.42 bits per heavy atom. The summed E-state index contributed by atoms with van der Waals surface area (Å²) in [7, 11) is 0. The molecule has 0 aromatic rings. The molecule has 0 aliphatic heterocycles. The van der Waals surface area contributed by atoms with Gasteiger partial charge in [-0.1, -0.05) is 12.2 Å². The molecule has 0 radical (unpaired) electrons. The van der Waals surface area contributed by atoms with E-state index in [1.54, 1.807) is 0 Å². The van der Waals surface area contributed by atoms with E-state index in [0.29, 0.717) is 0 Å². The van der Waals surface area contributed by atoms with Gasteiger partial charge in [-0.2, -0.15) is 18.4 Å². The molecule has 0 aliphatic carbocycles. The number of halogens is 3. The second-order valence-electron chi connectivity index (χ2n) is 2.15. The van der Waals surface area contributed by atoms with Crippen molar-refractivity contribution in [3.8, 4) is 6.07 Å². The Labute approximate surface area is 68.8 Å². The van der Waals surface area contributed by atoms with Crippen molar-refractivity contribution in [1.29, 1.82) is 5.26 Å². The van der Waals surface area contributed by atoms with Crippen LogP contribution in [0.5, 0.6) is 0 Å². The normalized spacial score (nSPS) is 14.3. The topological polar surface area (TPSA) is 23.8 Å². The Hall–Kier alpha value is -1.24. The summed E-state index contributed by atoms with van der Waals surface area (Å²) in [5, 5.41) is 8.25. The molecule has 0 aromatic carbocycles. The standard InChI is InChI=1S/C8H8F3N/c1-3-4-7(6(2)5-12)8(9,10)11/h3-4H,1-2H3/b4-3-,7-6-. The fourth-order valence-electron chi connectivity index (χ4n) is 0.659. The maximum atomic E-state index is 12.1. The van der Waals surface area contributed by atoms with E-state index in [0.717, 1.165) is 13.0 Å². The number of allylic oxidation sites excluding steroid dienone is 4. The fraction of sp³-hybridized carbons (Fsp3) is 0.375. The lowest BCUT2D eigenvalue weighted by atomic mass is 10.1. The van der Waals surface area contributed by atoms with Gasteiger partial charge in [0.1, 0.15) is 0 Å². The molecule has 0 bridgehead atoms. The zero-order valence-corrected chi connectivity index (χ0v) is 6.74. The Morgan fingerprint density at radius 2 is 1.92 bits per heavy atom. The first-order chi connectivity index (χ1) is 5.43. The smallest absolute Gasteiger partial charge is 0.193 e. The van der Waals surface area contributed by atoms with Gasteiger partial charge in [-0.15, -0.1) is 0 Å². The molecule has 0 aromatic heterocycles.